The maximum Gasteiger partial charge on any atom is 0.122 e. The maximum absolute atomic E-state index is 5.43. The van der Waals surface area contributed by atoms with Crippen molar-refractivity contribution in [2.45, 2.75) is 26.2 Å². The van der Waals surface area contributed by atoms with Crippen molar-refractivity contribution in [2.24, 2.45) is 0 Å². The molecule has 0 aliphatic carbocycles. The number of aryl methyl sites for hydroxylation is 1. The van der Waals surface area contributed by atoms with Gasteiger partial charge in [-0.2, -0.15) is 12.6 Å². The third-order valence-electron chi connectivity index (χ3n) is 3.21. The highest BCUT2D eigenvalue weighted by Crippen LogP contribution is 2.21. The molecule has 0 unspecified atom stereocenters. The molecule has 0 fully saturated rings. The summed E-state index contributed by atoms with van der Waals surface area (Å²) in [5, 5.41) is 0. The summed E-state index contributed by atoms with van der Waals surface area (Å²) in [6.45, 7) is 4.36. The fourth-order valence-electron chi connectivity index (χ4n) is 2.01. The van der Waals surface area contributed by atoms with Crippen LogP contribution < -0.4 is 4.74 Å². The number of hydrogen-bond donors (Lipinski definition) is 1. The molecule has 0 heterocycles. The van der Waals surface area contributed by atoms with Gasteiger partial charge in [0.1, 0.15) is 5.75 Å². The van der Waals surface area contributed by atoms with Crippen LogP contribution in [0.5, 0.6) is 5.75 Å². The molecule has 2 nitrogen and oxygen atoms in total. The van der Waals surface area contributed by atoms with Crippen LogP contribution in [-0.2, 0) is 12.8 Å². The molecular formula is C15H25NOS. The van der Waals surface area contributed by atoms with Crippen molar-refractivity contribution in [3.63, 3.8) is 0 Å². The first kappa shape index (κ1) is 15.4. The molecular weight excluding hydrogens is 242 g/mol. The van der Waals surface area contributed by atoms with Gasteiger partial charge in [0.2, 0.25) is 0 Å². The molecule has 0 saturated carbocycles. The molecule has 0 saturated heterocycles. The van der Waals surface area contributed by atoms with Crippen LogP contribution in [0.3, 0.4) is 0 Å². The van der Waals surface area contributed by atoms with E-state index in [1.165, 1.54) is 11.1 Å². The Morgan fingerprint density at radius 1 is 1.28 bits per heavy atom. The van der Waals surface area contributed by atoms with Crippen molar-refractivity contribution in [1.82, 2.24) is 4.90 Å². The molecule has 1 aromatic carbocycles. The molecule has 0 aromatic heterocycles. The Morgan fingerprint density at radius 3 is 2.67 bits per heavy atom. The Labute approximate surface area is 117 Å². The van der Waals surface area contributed by atoms with Crippen molar-refractivity contribution in [3.05, 3.63) is 29.3 Å². The lowest BCUT2D eigenvalue weighted by molar-refractivity contribution is 0.336. The van der Waals surface area contributed by atoms with Crippen molar-refractivity contribution in [3.8, 4) is 5.75 Å². The molecule has 1 rings (SSSR count). The minimum absolute atomic E-state index is 0.957. The van der Waals surface area contributed by atoms with E-state index < -0.39 is 0 Å². The van der Waals surface area contributed by atoms with Gasteiger partial charge in [-0.05, 0) is 55.8 Å². The first-order chi connectivity index (χ1) is 8.71. The summed E-state index contributed by atoms with van der Waals surface area (Å²) in [5.74, 6) is 1.97. The molecule has 1 aromatic rings. The average Bonchev–Trinajstić information content (AvgIpc) is 2.42. The first-order valence-corrected chi connectivity index (χ1v) is 7.29. The van der Waals surface area contributed by atoms with Gasteiger partial charge in [-0.15, -0.1) is 0 Å². The second kappa shape index (κ2) is 8.44. The van der Waals surface area contributed by atoms with Crippen molar-refractivity contribution < 1.29 is 4.74 Å². The van der Waals surface area contributed by atoms with E-state index in [4.69, 9.17) is 4.74 Å². The van der Waals surface area contributed by atoms with Crippen LogP contribution in [-0.4, -0.2) is 37.9 Å². The molecule has 0 bridgehead atoms. The Bertz CT molecular complexity index is 354. The summed E-state index contributed by atoms with van der Waals surface area (Å²) < 4.78 is 5.43. The fraction of sp³-hybridized carbons (Fsp3) is 0.600. The van der Waals surface area contributed by atoms with Crippen LogP contribution >= 0.6 is 12.6 Å². The van der Waals surface area contributed by atoms with E-state index in [-0.39, 0.29) is 0 Å². The van der Waals surface area contributed by atoms with Gasteiger partial charge in [0.05, 0.1) is 7.11 Å². The van der Waals surface area contributed by atoms with Gasteiger partial charge in [0.25, 0.3) is 0 Å². The van der Waals surface area contributed by atoms with Crippen LogP contribution in [0.1, 0.15) is 24.5 Å². The number of benzene rings is 1. The largest absolute Gasteiger partial charge is 0.496 e. The fourth-order valence-corrected chi connectivity index (χ4v) is 2.15. The van der Waals surface area contributed by atoms with E-state index in [1.807, 2.05) is 0 Å². The predicted octanol–water partition coefficient (Wildman–Crippen LogP) is 3.05. The summed E-state index contributed by atoms with van der Waals surface area (Å²) in [4.78, 5) is 2.36. The Balaban J connectivity index is 2.59. The van der Waals surface area contributed by atoms with Gasteiger partial charge in [-0.25, -0.2) is 0 Å². The highest BCUT2D eigenvalue weighted by Gasteiger charge is 2.05. The summed E-state index contributed by atoms with van der Waals surface area (Å²) in [6, 6.07) is 6.50. The van der Waals surface area contributed by atoms with Crippen LogP contribution in [0.15, 0.2) is 18.2 Å². The van der Waals surface area contributed by atoms with Crippen molar-refractivity contribution in [1.29, 1.82) is 0 Å². The van der Waals surface area contributed by atoms with Crippen LogP contribution in [0.4, 0.5) is 0 Å². The monoisotopic (exact) mass is 267 g/mol. The van der Waals surface area contributed by atoms with Crippen molar-refractivity contribution in [2.75, 3.05) is 33.0 Å². The number of thiol groups is 1. The smallest absolute Gasteiger partial charge is 0.122 e. The molecule has 0 spiro atoms. The molecule has 0 N–H and O–H groups in total. The third-order valence-corrected chi connectivity index (χ3v) is 3.53. The van der Waals surface area contributed by atoms with Gasteiger partial charge in [-0.1, -0.05) is 19.1 Å². The van der Waals surface area contributed by atoms with Crippen LogP contribution in [0.25, 0.3) is 0 Å². The van der Waals surface area contributed by atoms with E-state index in [0.29, 0.717) is 0 Å². The molecule has 0 atom stereocenters. The second-order valence-electron chi connectivity index (χ2n) is 4.63. The lowest BCUT2D eigenvalue weighted by atomic mass is 10.0. The van der Waals surface area contributed by atoms with Crippen molar-refractivity contribution >= 4 is 12.6 Å². The lowest BCUT2D eigenvalue weighted by Gasteiger charge is -2.17. The summed E-state index contributed by atoms with van der Waals surface area (Å²) in [5.41, 5.74) is 2.69. The van der Waals surface area contributed by atoms with Gasteiger partial charge >= 0.3 is 0 Å². The zero-order valence-corrected chi connectivity index (χ0v) is 12.7. The van der Waals surface area contributed by atoms with Crippen LogP contribution in [0, 0.1) is 0 Å². The molecule has 0 amide bonds. The standard InChI is InChI=1S/C15H25NOS/c1-4-13-6-7-15(17-3)14(12-13)8-10-16(2)9-5-11-18/h6-7,12,18H,4-5,8-11H2,1-3H3. The molecule has 3 heteroatoms. The molecule has 0 aliphatic heterocycles. The zero-order chi connectivity index (χ0) is 13.4. The molecule has 18 heavy (non-hydrogen) atoms. The topological polar surface area (TPSA) is 12.5 Å². The predicted molar refractivity (Wildman–Crippen MR) is 82.0 cm³/mol. The summed E-state index contributed by atoms with van der Waals surface area (Å²) >= 11 is 4.24. The van der Waals surface area contributed by atoms with E-state index in [9.17, 15) is 0 Å². The highest BCUT2D eigenvalue weighted by molar-refractivity contribution is 7.80. The lowest BCUT2D eigenvalue weighted by Crippen LogP contribution is -2.22. The Morgan fingerprint density at radius 2 is 2.06 bits per heavy atom. The second-order valence-corrected chi connectivity index (χ2v) is 5.08. The van der Waals surface area contributed by atoms with Crippen LogP contribution in [0.2, 0.25) is 0 Å². The van der Waals surface area contributed by atoms with Gasteiger partial charge in [-0.3, -0.25) is 0 Å². The highest BCUT2D eigenvalue weighted by atomic mass is 32.1. The average molecular weight is 267 g/mol. The number of methoxy groups -OCH3 is 1. The van der Waals surface area contributed by atoms with E-state index in [0.717, 1.165) is 43.9 Å². The number of nitrogens with zero attached hydrogens (tertiary/aromatic N) is 1. The zero-order valence-electron chi connectivity index (χ0n) is 11.8. The SMILES string of the molecule is CCc1ccc(OC)c(CCN(C)CCCS)c1. The van der Waals surface area contributed by atoms with E-state index in [2.05, 4.69) is 49.7 Å². The first-order valence-electron chi connectivity index (χ1n) is 6.66. The van der Waals surface area contributed by atoms with E-state index in [1.54, 1.807) is 7.11 Å². The number of hydrogen-bond acceptors (Lipinski definition) is 3. The molecule has 0 radical (unpaired) electrons. The maximum atomic E-state index is 5.43. The Kier molecular flexibility index (Phi) is 7.21. The molecule has 0 aliphatic rings. The number of likely N-dealkylation sites (N-methyl/N-ethyl adjacent to an activating group) is 1. The summed E-state index contributed by atoms with van der Waals surface area (Å²) in [6.07, 6.45) is 3.26. The van der Waals surface area contributed by atoms with Gasteiger partial charge in [0, 0.05) is 6.54 Å². The normalized spacial score (nSPS) is 10.9. The Hall–Kier alpha value is -0.670. The third kappa shape index (κ3) is 4.91. The summed E-state index contributed by atoms with van der Waals surface area (Å²) in [7, 11) is 3.91. The minimum atomic E-state index is 0.957. The molecule has 102 valence electrons. The minimum Gasteiger partial charge on any atom is -0.496 e. The quantitative estimate of drug-likeness (QED) is 0.727. The number of rotatable bonds is 8. The van der Waals surface area contributed by atoms with E-state index >= 15 is 0 Å². The van der Waals surface area contributed by atoms with Gasteiger partial charge in [0.15, 0.2) is 0 Å². The van der Waals surface area contributed by atoms with Gasteiger partial charge < -0.3 is 9.64 Å². The number of ether oxygens (including phenoxy) is 1.